The summed E-state index contributed by atoms with van der Waals surface area (Å²) in [5.74, 6) is -3.43. The minimum Gasteiger partial charge on any atom is -0.460 e. The number of nitrogens with one attached hydrogen (secondary N) is 1. The second-order valence-corrected chi connectivity index (χ2v) is 11.7. The summed E-state index contributed by atoms with van der Waals surface area (Å²) in [6.45, 7) is 7.47. The second kappa shape index (κ2) is 11.5. The molecule has 11 heteroatoms. The molecule has 0 aromatic rings. The number of hydrogen-bond donors (Lipinski definition) is 2. The first-order valence-corrected chi connectivity index (χ1v) is 14.3. The van der Waals surface area contributed by atoms with Crippen molar-refractivity contribution in [2.24, 2.45) is 11.8 Å². The average molecular weight is 597 g/mol. The number of allylic oxidation sites excluding steroid dienone is 1. The maximum absolute atomic E-state index is 14.4. The molecular weight excluding hydrogens is 558 g/mol. The molecule has 8 atom stereocenters. The Morgan fingerprint density at radius 3 is 2.61 bits per heavy atom. The number of ether oxygens (including phenoxy) is 2. The topological polar surface area (TPSA) is 125 Å². The third-order valence-electron chi connectivity index (χ3n) is 8.04. The van der Waals surface area contributed by atoms with Gasteiger partial charge in [-0.1, -0.05) is 41.4 Å². The maximum Gasteiger partial charge on any atom is 0.313 e. The van der Waals surface area contributed by atoms with Crippen molar-refractivity contribution in [2.75, 3.05) is 19.7 Å². The fourth-order valence-electron chi connectivity index (χ4n) is 6.17. The van der Waals surface area contributed by atoms with Crippen LogP contribution in [-0.4, -0.2) is 94.2 Å². The van der Waals surface area contributed by atoms with Gasteiger partial charge in [-0.2, -0.15) is 0 Å². The molecule has 10 nitrogen and oxygen atoms in total. The monoisotopic (exact) mass is 595 g/mol. The van der Waals surface area contributed by atoms with Gasteiger partial charge in [0.05, 0.1) is 25.1 Å². The van der Waals surface area contributed by atoms with E-state index in [1.807, 2.05) is 26.0 Å². The number of carbonyl (C=O) groups excluding carboxylic acids is 4. The Balaban J connectivity index is 1.82. The number of nitrogens with zero attached hydrogens (tertiary/aromatic N) is 2. The van der Waals surface area contributed by atoms with Crippen molar-refractivity contribution >= 4 is 39.6 Å². The third kappa shape index (κ3) is 4.93. The standard InChI is InChI=1S/C27H38BrN3O7/c1-5-9-15(2)30-11-8-6-7-10-19(33)29-13-17(4)37-26(36)20-21-24(34)31(16(3)14-32)23(25(30)35)27(21)12-18(28)22(20)38-27/h6,8,12,15-17,20-23,32H,5,7,9-11,13-14H2,1-4H3,(H,29,33)/b8-6-/t15?,16-,17-,20+,21-,22+,23+,27-/m1/s1. The van der Waals surface area contributed by atoms with Crippen molar-refractivity contribution in [1.82, 2.24) is 15.1 Å². The van der Waals surface area contributed by atoms with Crippen LogP contribution in [0.3, 0.4) is 0 Å². The van der Waals surface area contributed by atoms with Gasteiger partial charge in [0, 0.05) is 23.5 Å². The molecule has 4 aliphatic heterocycles. The van der Waals surface area contributed by atoms with E-state index in [1.54, 1.807) is 24.8 Å². The minimum absolute atomic E-state index is 0.132. The van der Waals surface area contributed by atoms with E-state index in [9.17, 15) is 24.3 Å². The molecule has 0 aromatic carbocycles. The first kappa shape index (κ1) is 28.8. The number of halogens is 1. The largest absolute Gasteiger partial charge is 0.460 e. The van der Waals surface area contributed by atoms with E-state index in [2.05, 4.69) is 21.2 Å². The highest BCUT2D eigenvalue weighted by Crippen LogP contribution is 2.59. The zero-order valence-corrected chi connectivity index (χ0v) is 24.0. The Bertz CT molecular complexity index is 1030. The fraction of sp³-hybridized carbons (Fsp3) is 0.704. The number of aliphatic hydroxyl groups excluding tert-OH is 1. The van der Waals surface area contributed by atoms with Gasteiger partial charge in [-0.15, -0.1) is 0 Å². The highest BCUT2D eigenvalue weighted by Gasteiger charge is 2.75. The summed E-state index contributed by atoms with van der Waals surface area (Å²) >= 11 is 3.52. The number of cyclic esters (lactones) is 1. The van der Waals surface area contributed by atoms with Gasteiger partial charge < -0.3 is 29.7 Å². The number of carbonyl (C=O) groups is 4. The van der Waals surface area contributed by atoms with Crippen LogP contribution in [0.2, 0.25) is 0 Å². The Labute approximate surface area is 231 Å². The molecule has 4 aliphatic rings. The normalized spacial score (nSPS) is 36.5. The lowest BCUT2D eigenvalue weighted by atomic mass is 9.74. The van der Waals surface area contributed by atoms with Gasteiger partial charge in [0.2, 0.25) is 17.7 Å². The lowest BCUT2D eigenvalue weighted by molar-refractivity contribution is -0.159. The van der Waals surface area contributed by atoms with Crippen LogP contribution in [0, 0.1) is 11.8 Å². The van der Waals surface area contributed by atoms with Gasteiger partial charge in [0.15, 0.2) is 0 Å². The summed E-state index contributed by atoms with van der Waals surface area (Å²) in [4.78, 5) is 57.3. The van der Waals surface area contributed by atoms with Crippen LogP contribution in [0.15, 0.2) is 22.7 Å². The first-order valence-electron chi connectivity index (χ1n) is 13.5. The number of likely N-dealkylation sites (tertiary alicyclic amines) is 1. The maximum atomic E-state index is 14.4. The molecule has 1 unspecified atom stereocenters. The number of fused-ring (bicyclic) bond motifs is 2. The van der Waals surface area contributed by atoms with E-state index in [4.69, 9.17) is 9.47 Å². The van der Waals surface area contributed by atoms with Crippen LogP contribution in [0.5, 0.6) is 0 Å². The Kier molecular flexibility index (Phi) is 8.68. The highest BCUT2D eigenvalue weighted by molar-refractivity contribution is 9.11. The van der Waals surface area contributed by atoms with Crippen molar-refractivity contribution < 1.29 is 33.8 Å². The van der Waals surface area contributed by atoms with Crippen LogP contribution >= 0.6 is 15.9 Å². The third-order valence-corrected chi connectivity index (χ3v) is 8.72. The fourth-order valence-corrected chi connectivity index (χ4v) is 6.91. The molecule has 2 saturated heterocycles. The Hall–Kier alpha value is -2.24. The highest BCUT2D eigenvalue weighted by atomic mass is 79.9. The molecule has 0 aromatic heterocycles. The van der Waals surface area contributed by atoms with Crippen molar-refractivity contribution in [2.45, 2.75) is 89.3 Å². The van der Waals surface area contributed by atoms with E-state index in [-0.39, 0.29) is 37.4 Å². The number of hydrogen-bond acceptors (Lipinski definition) is 7. The Morgan fingerprint density at radius 2 is 1.92 bits per heavy atom. The van der Waals surface area contributed by atoms with Crippen molar-refractivity contribution in [3.8, 4) is 0 Å². The second-order valence-electron chi connectivity index (χ2n) is 10.8. The molecule has 1 spiro atoms. The van der Waals surface area contributed by atoms with E-state index < -0.39 is 53.6 Å². The SMILES string of the molecule is CCCC(C)N1C/C=C\CCC(=O)NC[C@@H](C)OC(=O)[C@@H]2[C@H]3O[C@@]4(C=C3Br)[C@H](C1=O)N([C@H](C)CO)C(=O)[C@@H]24. The molecule has 5 bridgehead atoms. The summed E-state index contributed by atoms with van der Waals surface area (Å²) in [5.41, 5.74) is -1.37. The molecule has 2 N–H and O–H groups in total. The molecule has 0 aliphatic carbocycles. The molecule has 38 heavy (non-hydrogen) atoms. The van der Waals surface area contributed by atoms with Gasteiger partial charge in [0.1, 0.15) is 29.8 Å². The smallest absolute Gasteiger partial charge is 0.313 e. The number of rotatable bonds is 5. The van der Waals surface area contributed by atoms with E-state index in [0.717, 1.165) is 12.8 Å². The van der Waals surface area contributed by atoms with Crippen molar-refractivity contribution in [3.63, 3.8) is 0 Å². The summed E-state index contributed by atoms with van der Waals surface area (Å²) in [6, 6.07) is -1.85. The number of amides is 3. The van der Waals surface area contributed by atoms with Crippen LogP contribution in [-0.2, 0) is 28.7 Å². The molecule has 4 heterocycles. The zero-order chi connectivity index (χ0) is 27.8. The molecule has 4 rings (SSSR count). The quantitative estimate of drug-likeness (QED) is 0.365. The van der Waals surface area contributed by atoms with Crippen molar-refractivity contribution in [3.05, 3.63) is 22.7 Å². The lowest BCUT2D eigenvalue weighted by Crippen LogP contribution is -2.59. The number of aliphatic hydroxyl groups is 1. The number of esters is 1. The molecule has 3 amide bonds. The van der Waals surface area contributed by atoms with Gasteiger partial charge in [-0.25, -0.2) is 0 Å². The predicted molar refractivity (Wildman–Crippen MR) is 142 cm³/mol. The van der Waals surface area contributed by atoms with Crippen molar-refractivity contribution in [1.29, 1.82) is 0 Å². The van der Waals surface area contributed by atoms with E-state index in [0.29, 0.717) is 17.4 Å². The molecule has 210 valence electrons. The van der Waals surface area contributed by atoms with Gasteiger partial charge in [-0.05, 0) is 39.7 Å². The minimum atomic E-state index is -1.37. The summed E-state index contributed by atoms with van der Waals surface area (Å²) in [5, 5.41) is 12.8. The molecule has 2 fully saturated rings. The average Bonchev–Trinajstić information content (AvgIpc) is 3.47. The predicted octanol–water partition coefficient (Wildman–Crippen LogP) is 1.66. The zero-order valence-electron chi connectivity index (χ0n) is 22.4. The lowest BCUT2D eigenvalue weighted by Gasteiger charge is -2.39. The van der Waals surface area contributed by atoms with Gasteiger partial charge >= 0.3 is 5.97 Å². The van der Waals surface area contributed by atoms with E-state index >= 15 is 0 Å². The van der Waals surface area contributed by atoms with Crippen LogP contribution < -0.4 is 5.32 Å². The van der Waals surface area contributed by atoms with E-state index in [1.165, 1.54) is 4.90 Å². The Morgan fingerprint density at radius 1 is 1.18 bits per heavy atom. The van der Waals surface area contributed by atoms with Crippen LogP contribution in [0.25, 0.3) is 0 Å². The first-order chi connectivity index (χ1) is 18.1. The van der Waals surface area contributed by atoms with Crippen LogP contribution in [0.1, 0.15) is 53.4 Å². The summed E-state index contributed by atoms with van der Waals surface area (Å²) in [6.07, 6.45) is 6.50. The van der Waals surface area contributed by atoms with Crippen LogP contribution in [0.4, 0.5) is 0 Å². The summed E-state index contributed by atoms with van der Waals surface area (Å²) in [7, 11) is 0. The van der Waals surface area contributed by atoms with Gasteiger partial charge in [-0.3, -0.25) is 19.2 Å². The van der Waals surface area contributed by atoms with Gasteiger partial charge in [0.25, 0.3) is 0 Å². The molecular formula is C27H38BrN3O7. The molecule has 0 radical (unpaired) electrons. The molecule has 0 saturated carbocycles. The summed E-state index contributed by atoms with van der Waals surface area (Å²) < 4.78 is 12.7.